The number of ether oxygens (including phenoxy) is 1. The summed E-state index contributed by atoms with van der Waals surface area (Å²) in [6.45, 7) is 3.04. The summed E-state index contributed by atoms with van der Waals surface area (Å²) in [6, 6.07) is 5.63. The first-order valence-electron chi connectivity index (χ1n) is 6.67. The quantitative estimate of drug-likeness (QED) is 0.878. The van der Waals surface area contributed by atoms with Crippen LogP contribution >= 0.6 is 15.9 Å². The molecule has 108 valence electrons. The van der Waals surface area contributed by atoms with E-state index in [2.05, 4.69) is 32.4 Å². The zero-order chi connectivity index (χ0) is 14.5. The first-order valence-corrected chi connectivity index (χ1v) is 7.46. The van der Waals surface area contributed by atoms with Gasteiger partial charge in [-0.25, -0.2) is 4.98 Å². The number of aliphatic hydroxyl groups excluding tert-OH is 1. The number of aromatic nitrogens is 2. The minimum absolute atomic E-state index is 0.472. The molecule has 1 aromatic carbocycles. The zero-order valence-electron chi connectivity index (χ0n) is 11.7. The molecule has 1 atom stereocenters. The van der Waals surface area contributed by atoms with E-state index in [1.54, 1.807) is 13.3 Å². The molecule has 0 radical (unpaired) electrons. The van der Waals surface area contributed by atoms with Gasteiger partial charge in [-0.1, -0.05) is 22.9 Å². The van der Waals surface area contributed by atoms with Gasteiger partial charge in [-0.2, -0.15) is 0 Å². The lowest BCUT2D eigenvalue weighted by atomic mass is 10.1. The summed E-state index contributed by atoms with van der Waals surface area (Å²) in [7, 11) is 1.61. The summed E-state index contributed by atoms with van der Waals surface area (Å²) in [5.74, 6) is 1.58. The average Bonchev–Trinajstić information content (AvgIpc) is 2.86. The van der Waals surface area contributed by atoms with E-state index in [4.69, 9.17) is 4.74 Å². The van der Waals surface area contributed by atoms with Gasteiger partial charge in [0.05, 0.1) is 13.2 Å². The molecular formula is C15H19BrN2O2. The van der Waals surface area contributed by atoms with Gasteiger partial charge in [-0.15, -0.1) is 0 Å². The van der Waals surface area contributed by atoms with E-state index in [1.165, 1.54) is 0 Å². The molecule has 0 bridgehead atoms. The maximum Gasteiger partial charge on any atom is 0.124 e. The molecule has 0 aliphatic heterocycles. The van der Waals surface area contributed by atoms with E-state index in [9.17, 15) is 5.11 Å². The van der Waals surface area contributed by atoms with Gasteiger partial charge in [0.15, 0.2) is 0 Å². The molecule has 0 fully saturated rings. The number of imidazole rings is 1. The lowest BCUT2D eigenvalue weighted by Gasteiger charge is -2.16. The lowest BCUT2D eigenvalue weighted by molar-refractivity contribution is 0.170. The molecule has 0 spiro atoms. The number of nitrogens with zero attached hydrogens (tertiary/aromatic N) is 2. The maximum atomic E-state index is 10.5. The highest BCUT2D eigenvalue weighted by Gasteiger charge is 2.17. The standard InChI is InChI=1S/C15H19BrN2O2/c1-3-7-18-8-6-17-15(18)10-13(19)12-9-11(16)4-5-14(12)20-2/h4-6,8-9,13,19H,3,7,10H2,1-2H3. The van der Waals surface area contributed by atoms with Crippen LogP contribution in [0.5, 0.6) is 5.75 Å². The van der Waals surface area contributed by atoms with Crippen LogP contribution in [0.2, 0.25) is 0 Å². The van der Waals surface area contributed by atoms with Crippen LogP contribution in [0.25, 0.3) is 0 Å². The van der Waals surface area contributed by atoms with Crippen molar-refractivity contribution in [1.29, 1.82) is 0 Å². The molecule has 2 rings (SSSR count). The molecule has 0 aliphatic rings. The molecule has 0 amide bonds. The minimum atomic E-state index is -0.638. The van der Waals surface area contributed by atoms with Crippen LogP contribution in [0, 0.1) is 0 Å². The first-order chi connectivity index (χ1) is 9.65. The van der Waals surface area contributed by atoms with Crippen LogP contribution in [-0.2, 0) is 13.0 Å². The van der Waals surface area contributed by atoms with Gasteiger partial charge in [0.25, 0.3) is 0 Å². The number of benzene rings is 1. The Bertz CT molecular complexity index is 569. The zero-order valence-corrected chi connectivity index (χ0v) is 13.3. The summed E-state index contributed by atoms with van der Waals surface area (Å²) < 4.78 is 8.31. The molecule has 1 N–H and O–H groups in total. The predicted octanol–water partition coefficient (Wildman–Crippen LogP) is 3.34. The Labute approximate surface area is 127 Å². The van der Waals surface area contributed by atoms with Crippen molar-refractivity contribution in [3.05, 3.63) is 46.5 Å². The van der Waals surface area contributed by atoms with E-state index in [1.807, 2.05) is 24.4 Å². The van der Waals surface area contributed by atoms with Gasteiger partial charge in [0.1, 0.15) is 11.6 Å². The molecule has 0 saturated heterocycles. The van der Waals surface area contributed by atoms with Crippen molar-refractivity contribution >= 4 is 15.9 Å². The Kier molecular flexibility index (Phi) is 5.20. The number of halogens is 1. The monoisotopic (exact) mass is 338 g/mol. The third kappa shape index (κ3) is 3.41. The second-order valence-electron chi connectivity index (χ2n) is 4.64. The normalized spacial score (nSPS) is 12.4. The SMILES string of the molecule is CCCn1ccnc1CC(O)c1cc(Br)ccc1OC. The van der Waals surface area contributed by atoms with Crippen molar-refractivity contribution in [2.24, 2.45) is 0 Å². The van der Waals surface area contributed by atoms with Gasteiger partial charge in [-0.3, -0.25) is 0 Å². The van der Waals surface area contributed by atoms with Gasteiger partial charge in [-0.05, 0) is 24.6 Å². The van der Waals surface area contributed by atoms with Crippen LogP contribution < -0.4 is 4.74 Å². The third-order valence-electron chi connectivity index (χ3n) is 3.19. The van der Waals surface area contributed by atoms with Crippen LogP contribution in [0.3, 0.4) is 0 Å². The van der Waals surface area contributed by atoms with E-state index < -0.39 is 6.10 Å². The summed E-state index contributed by atoms with van der Waals surface area (Å²) >= 11 is 3.42. The summed E-state index contributed by atoms with van der Waals surface area (Å²) in [4.78, 5) is 4.33. The minimum Gasteiger partial charge on any atom is -0.496 e. The van der Waals surface area contributed by atoms with Crippen LogP contribution in [-0.4, -0.2) is 21.8 Å². The highest BCUT2D eigenvalue weighted by atomic mass is 79.9. The van der Waals surface area contributed by atoms with Crippen LogP contribution in [0.1, 0.15) is 30.8 Å². The fraction of sp³-hybridized carbons (Fsp3) is 0.400. The Morgan fingerprint density at radius 2 is 2.25 bits per heavy atom. The molecular weight excluding hydrogens is 320 g/mol. The van der Waals surface area contributed by atoms with Gasteiger partial charge < -0.3 is 14.4 Å². The number of aryl methyl sites for hydroxylation is 1. The van der Waals surface area contributed by atoms with Crippen molar-refractivity contribution in [2.75, 3.05) is 7.11 Å². The number of rotatable bonds is 6. The highest BCUT2D eigenvalue weighted by molar-refractivity contribution is 9.10. The molecule has 1 unspecified atom stereocenters. The lowest BCUT2D eigenvalue weighted by Crippen LogP contribution is -2.10. The maximum absolute atomic E-state index is 10.5. The average molecular weight is 339 g/mol. The van der Waals surface area contributed by atoms with Gasteiger partial charge >= 0.3 is 0 Å². The predicted molar refractivity (Wildman–Crippen MR) is 81.9 cm³/mol. The second-order valence-corrected chi connectivity index (χ2v) is 5.56. The smallest absolute Gasteiger partial charge is 0.124 e. The van der Waals surface area contributed by atoms with E-state index in [-0.39, 0.29) is 0 Å². The number of aliphatic hydroxyl groups is 1. The summed E-state index contributed by atoms with van der Waals surface area (Å²) in [5, 5.41) is 10.5. The topological polar surface area (TPSA) is 47.3 Å². The van der Waals surface area contributed by atoms with Crippen molar-refractivity contribution in [2.45, 2.75) is 32.4 Å². The molecule has 4 nitrogen and oxygen atoms in total. The third-order valence-corrected chi connectivity index (χ3v) is 3.69. The Morgan fingerprint density at radius 1 is 1.45 bits per heavy atom. The Morgan fingerprint density at radius 3 is 2.95 bits per heavy atom. The fourth-order valence-electron chi connectivity index (χ4n) is 2.22. The molecule has 5 heteroatoms. The van der Waals surface area contributed by atoms with Crippen LogP contribution in [0.15, 0.2) is 35.1 Å². The first kappa shape index (κ1) is 15.1. The molecule has 20 heavy (non-hydrogen) atoms. The Balaban J connectivity index is 2.21. The number of hydrogen-bond acceptors (Lipinski definition) is 3. The van der Waals surface area contributed by atoms with E-state index in [0.717, 1.165) is 28.8 Å². The molecule has 0 saturated carbocycles. The van der Waals surface area contributed by atoms with Gasteiger partial charge in [0.2, 0.25) is 0 Å². The van der Waals surface area contributed by atoms with Crippen molar-refractivity contribution < 1.29 is 9.84 Å². The van der Waals surface area contributed by atoms with E-state index in [0.29, 0.717) is 12.2 Å². The highest BCUT2D eigenvalue weighted by Crippen LogP contribution is 2.30. The molecule has 1 aromatic heterocycles. The fourth-order valence-corrected chi connectivity index (χ4v) is 2.60. The summed E-state index contributed by atoms with van der Waals surface area (Å²) in [5.41, 5.74) is 0.771. The van der Waals surface area contributed by atoms with Crippen molar-refractivity contribution in [1.82, 2.24) is 9.55 Å². The second kappa shape index (κ2) is 6.90. The molecule has 1 heterocycles. The number of hydrogen-bond donors (Lipinski definition) is 1. The molecule has 2 aromatic rings. The van der Waals surface area contributed by atoms with E-state index >= 15 is 0 Å². The van der Waals surface area contributed by atoms with Crippen LogP contribution in [0.4, 0.5) is 0 Å². The number of methoxy groups -OCH3 is 1. The van der Waals surface area contributed by atoms with Crippen molar-refractivity contribution in [3.63, 3.8) is 0 Å². The summed E-state index contributed by atoms with van der Waals surface area (Å²) in [6.07, 6.45) is 4.60. The molecule has 0 aliphatic carbocycles. The largest absolute Gasteiger partial charge is 0.496 e. The van der Waals surface area contributed by atoms with Crippen molar-refractivity contribution in [3.8, 4) is 5.75 Å². The Hall–Kier alpha value is -1.33. The van der Waals surface area contributed by atoms with Gasteiger partial charge in [0, 0.05) is 35.4 Å².